The van der Waals surface area contributed by atoms with Gasteiger partial charge < -0.3 is 10.2 Å². The van der Waals surface area contributed by atoms with Crippen LogP contribution in [0.4, 0.5) is 0 Å². The molecule has 1 atom stereocenters. The van der Waals surface area contributed by atoms with Crippen molar-refractivity contribution >= 4 is 46.8 Å². The van der Waals surface area contributed by atoms with Crippen molar-refractivity contribution in [2.75, 3.05) is 12.3 Å². The number of benzene rings is 2. The van der Waals surface area contributed by atoms with Crippen molar-refractivity contribution < 1.29 is 9.59 Å². The van der Waals surface area contributed by atoms with Crippen molar-refractivity contribution in [3.8, 4) is 0 Å². The van der Waals surface area contributed by atoms with E-state index in [2.05, 4.69) is 5.32 Å². The van der Waals surface area contributed by atoms with Crippen LogP contribution >= 0.6 is 35.0 Å². The number of carbonyl (C=O) groups excluding carboxylic acids is 2. The molecule has 0 radical (unpaired) electrons. The summed E-state index contributed by atoms with van der Waals surface area (Å²) in [5, 5.41) is 4.16. The van der Waals surface area contributed by atoms with Gasteiger partial charge in [0, 0.05) is 28.9 Å². The maximum Gasteiger partial charge on any atom is 0.242 e. The highest BCUT2D eigenvalue weighted by Crippen LogP contribution is 2.19. The zero-order chi connectivity index (χ0) is 21.2. The highest BCUT2D eigenvalue weighted by molar-refractivity contribution is 7.99. The summed E-state index contributed by atoms with van der Waals surface area (Å²) in [5.74, 6) is 0.713. The summed E-state index contributed by atoms with van der Waals surface area (Å²) in [5.41, 5.74) is 1.95. The molecule has 0 bridgehead atoms. The summed E-state index contributed by atoms with van der Waals surface area (Å²) >= 11 is 13.6. The monoisotopic (exact) mass is 452 g/mol. The molecule has 0 aliphatic heterocycles. The van der Waals surface area contributed by atoms with E-state index in [9.17, 15) is 9.59 Å². The normalized spacial score (nSPS) is 11.7. The SMILES string of the molecule is CCCNC(=O)[C@H](C)N(Cc1cccc(Cl)c1)C(=O)CSCc1cccc(Cl)c1. The molecule has 0 saturated carbocycles. The van der Waals surface area contributed by atoms with Crippen LogP contribution in [-0.2, 0) is 21.9 Å². The third kappa shape index (κ3) is 7.92. The van der Waals surface area contributed by atoms with Gasteiger partial charge in [0.05, 0.1) is 5.75 Å². The van der Waals surface area contributed by atoms with Gasteiger partial charge in [-0.1, -0.05) is 54.4 Å². The number of hydrogen-bond acceptors (Lipinski definition) is 3. The molecule has 0 fully saturated rings. The van der Waals surface area contributed by atoms with E-state index < -0.39 is 6.04 Å². The summed E-state index contributed by atoms with van der Waals surface area (Å²) in [6, 6.07) is 14.4. The Kier molecular flexibility index (Phi) is 9.85. The Balaban J connectivity index is 2.05. The van der Waals surface area contributed by atoms with E-state index in [1.807, 2.05) is 49.4 Å². The average molecular weight is 453 g/mol. The van der Waals surface area contributed by atoms with Crippen LogP contribution in [0.25, 0.3) is 0 Å². The van der Waals surface area contributed by atoms with Crippen molar-refractivity contribution in [3.63, 3.8) is 0 Å². The first kappa shape index (κ1) is 23.6. The third-order valence-electron chi connectivity index (χ3n) is 4.34. The quantitative estimate of drug-likeness (QED) is 0.540. The molecule has 0 aromatic heterocycles. The van der Waals surface area contributed by atoms with E-state index in [-0.39, 0.29) is 17.6 Å². The number of amides is 2. The lowest BCUT2D eigenvalue weighted by Gasteiger charge is -2.28. The maximum absolute atomic E-state index is 13.0. The van der Waals surface area contributed by atoms with Crippen molar-refractivity contribution in [3.05, 3.63) is 69.7 Å². The molecule has 0 spiro atoms. The molecular weight excluding hydrogens is 427 g/mol. The fraction of sp³-hybridized carbons (Fsp3) is 0.364. The zero-order valence-electron chi connectivity index (χ0n) is 16.7. The second-order valence-corrected chi connectivity index (χ2v) is 8.60. The highest BCUT2D eigenvalue weighted by atomic mass is 35.5. The predicted molar refractivity (Wildman–Crippen MR) is 122 cm³/mol. The minimum Gasteiger partial charge on any atom is -0.354 e. The summed E-state index contributed by atoms with van der Waals surface area (Å²) in [4.78, 5) is 27.1. The van der Waals surface area contributed by atoms with Gasteiger partial charge in [-0.15, -0.1) is 11.8 Å². The Hall–Kier alpha value is -1.69. The lowest BCUT2D eigenvalue weighted by Crippen LogP contribution is -2.48. The van der Waals surface area contributed by atoms with Gasteiger partial charge in [0.25, 0.3) is 0 Å². The van der Waals surface area contributed by atoms with Gasteiger partial charge in [-0.25, -0.2) is 0 Å². The first-order valence-electron chi connectivity index (χ1n) is 9.54. The van der Waals surface area contributed by atoms with E-state index in [4.69, 9.17) is 23.2 Å². The van der Waals surface area contributed by atoms with Crippen molar-refractivity contribution in [2.45, 2.75) is 38.6 Å². The predicted octanol–water partition coefficient (Wildman–Crippen LogP) is 5.17. The number of hydrogen-bond donors (Lipinski definition) is 1. The third-order valence-corrected chi connectivity index (χ3v) is 5.80. The number of carbonyl (C=O) groups is 2. The topological polar surface area (TPSA) is 49.4 Å². The van der Waals surface area contributed by atoms with Gasteiger partial charge in [-0.3, -0.25) is 9.59 Å². The van der Waals surface area contributed by atoms with Crippen LogP contribution in [0.5, 0.6) is 0 Å². The Morgan fingerprint density at radius 1 is 1.07 bits per heavy atom. The Labute approximate surface area is 187 Å². The molecule has 1 N–H and O–H groups in total. The maximum atomic E-state index is 13.0. The molecule has 0 heterocycles. The largest absolute Gasteiger partial charge is 0.354 e. The number of thioether (sulfide) groups is 1. The molecule has 0 unspecified atom stereocenters. The molecule has 0 aliphatic rings. The summed E-state index contributed by atoms with van der Waals surface area (Å²) in [7, 11) is 0. The number of rotatable bonds is 10. The van der Waals surface area contributed by atoms with Gasteiger partial charge in [0.1, 0.15) is 6.04 Å². The molecule has 2 rings (SSSR count). The minimum atomic E-state index is -0.570. The highest BCUT2D eigenvalue weighted by Gasteiger charge is 2.25. The molecule has 2 amide bonds. The summed E-state index contributed by atoms with van der Waals surface area (Å²) in [6.45, 7) is 4.67. The smallest absolute Gasteiger partial charge is 0.242 e. The van der Waals surface area contributed by atoms with E-state index in [1.165, 1.54) is 11.8 Å². The van der Waals surface area contributed by atoms with Crippen molar-refractivity contribution in [1.29, 1.82) is 0 Å². The lowest BCUT2D eigenvalue weighted by molar-refractivity contribution is -0.138. The molecule has 0 aliphatic carbocycles. The first-order chi connectivity index (χ1) is 13.9. The lowest BCUT2D eigenvalue weighted by atomic mass is 10.1. The minimum absolute atomic E-state index is 0.0869. The first-order valence-corrected chi connectivity index (χ1v) is 11.5. The summed E-state index contributed by atoms with van der Waals surface area (Å²) in [6.07, 6.45) is 0.843. The molecule has 2 aromatic rings. The fourth-order valence-electron chi connectivity index (χ4n) is 2.78. The van der Waals surface area contributed by atoms with Crippen LogP contribution in [0.2, 0.25) is 10.0 Å². The summed E-state index contributed by atoms with van der Waals surface area (Å²) < 4.78 is 0. The van der Waals surface area contributed by atoms with Crippen LogP contribution in [0.3, 0.4) is 0 Å². The molecule has 7 heteroatoms. The zero-order valence-corrected chi connectivity index (χ0v) is 19.0. The second-order valence-electron chi connectivity index (χ2n) is 6.74. The van der Waals surface area contributed by atoms with Crippen LogP contribution in [0.1, 0.15) is 31.4 Å². The standard InChI is InChI=1S/C22H26Cl2N2O2S/c1-3-10-25-22(28)16(2)26(13-17-6-4-8-19(23)11-17)21(27)15-29-14-18-7-5-9-20(24)12-18/h4-9,11-12,16H,3,10,13-15H2,1-2H3,(H,25,28)/t16-/m0/s1. The van der Waals surface area contributed by atoms with Crippen molar-refractivity contribution in [2.24, 2.45) is 0 Å². The van der Waals surface area contributed by atoms with Gasteiger partial charge in [0.15, 0.2) is 0 Å². The molecular formula is C22H26Cl2N2O2S. The van der Waals surface area contributed by atoms with Gasteiger partial charge in [0.2, 0.25) is 11.8 Å². The molecule has 29 heavy (non-hydrogen) atoms. The van der Waals surface area contributed by atoms with Crippen LogP contribution in [0.15, 0.2) is 48.5 Å². The average Bonchev–Trinajstić information content (AvgIpc) is 2.69. The number of nitrogens with zero attached hydrogens (tertiary/aromatic N) is 1. The Morgan fingerprint density at radius 2 is 1.69 bits per heavy atom. The second kappa shape index (κ2) is 12.1. The molecule has 2 aromatic carbocycles. The molecule has 4 nitrogen and oxygen atoms in total. The van der Waals surface area contributed by atoms with E-state index >= 15 is 0 Å². The molecule has 0 saturated heterocycles. The van der Waals surface area contributed by atoms with E-state index in [0.29, 0.717) is 28.9 Å². The van der Waals surface area contributed by atoms with Crippen LogP contribution in [0, 0.1) is 0 Å². The number of halogens is 2. The van der Waals surface area contributed by atoms with E-state index in [1.54, 1.807) is 17.9 Å². The van der Waals surface area contributed by atoms with Crippen LogP contribution in [-0.4, -0.2) is 35.1 Å². The van der Waals surface area contributed by atoms with Crippen molar-refractivity contribution in [1.82, 2.24) is 10.2 Å². The van der Waals surface area contributed by atoms with Gasteiger partial charge in [-0.2, -0.15) is 0 Å². The Morgan fingerprint density at radius 3 is 2.31 bits per heavy atom. The van der Waals surface area contributed by atoms with Gasteiger partial charge >= 0.3 is 0 Å². The number of nitrogens with one attached hydrogen (secondary N) is 1. The van der Waals surface area contributed by atoms with Crippen LogP contribution < -0.4 is 5.32 Å². The van der Waals surface area contributed by atoms with Gasteiger partial charge in [-0.05, 0) is 48.7 Å². The van der Waals surface area contributed by atoms with E-state index in [0.717, 1.165) is 17.5 Å². The Bertz CT molecular complexity index is 832. The molecule has 156 valence electrons. The fourth-order valence-corrected chi connectivity index (χ4v) is 4.06.